The third kappa shape index (κ3) is 3.87. The van der Waals surface area contributed by atoms with Crippen LogP contribution in [0.1, 0.15) is 5.01 Å². The fourth-order valence-electron chi connectivity index (χ4n) is 1.59. The highest BCUT2D eigenvalue weighted by atomic mass is 32.1. The maximum absolute atomic E-state index is 5.18. The molecule has 3 nitrogen and oxygen atoms in total. The van der Waals surface area contributed by atoms with Gasteiger partial charge < -0.3 is 10.6 Å². The van der Waals surface area contributed by atoms with Crippen LogP contribution >= 0.6 is 23.6 Å². The summed E-state index contributed by atoms with van der Waals surface area (Å²) in [6.07, 6.45) is 1.77. The number of nitrogens with one attached hydrogen (secondary N) is 2. The van der Waals surface area contributed by atoms with Crippen molar-refractivity contribution in [1.82, 2.24) is 10.3 Å². The minimum atomic E-state index is 0.589. The Morgan fingerprint density at radius 2 is 2.37 bits per heavy atom. The summed E-state index contributed by atoms with van der Waals surface area (Å²) in [5, 5.41) is 9.89. The van der Waals surface area contributed by atoms with Crippen molar-refractivity contribution in [2.45, 2.75) is 6.92 Å². The number of aromatic nitrogens is 1. The van der Waals surface area contributed by atoms with Gasteiger partial charge in [-0.25, -0.2) is 4.98 Å². The normalized spacial score (nSPS) is 9.95. The lowest BCUT2D eigenvalue weighted by atomic mass is 10.1. The average molecular weight is 289 g/mol. The van der Waals surface area contributed by atoms with E-state index in [2.05, 4.69) is 27.6 Å². The molecule has 2 N–H and O–H groups in total. The van der Waals surface area contributed by atoms with Gasteiger partial charge in [0.1, 0.15) is 0 Å². The Bertz CT molecular complexity index is 590. The molecule has 0 amide bonds. The van der Waals surface area contributed by atoms with Crippen molar-refractivity contribution < 1.29 is 0 Å². The molecule has 1 aromatic carbocycles. The molecule has 0 radical (unpaired) electrons. The molecule has 0 unspecified atom stereocenters. The van der Waals surface area contributed by atoms with E-state index in [4.69, 9.17) is 12.2 Å². The van der Waals surface area contributed by atoms with Crippen LogP contribution in [0.2, 0.25) is 0 Å². The summed E-state index contributed by atoms with van der Waals surface area (Å²) in [5.74, 6) is 0. The van der Waals surface area contributed by atoms with E-state index in [1.54, 1.807) is 17.4 Å². The maximum atomic E-state index is 5.18. The summed E-state index contributed by atoms with van der Waals surface area (Å²) in [4.78, 5) is 4.48. The Morgan fingerprint density at radius 1 is 1.53 bits per heavy atom. The molecule has 0 bridgehead atoms. The second-order valence-electron chi connectivity index (χ2n) is 3.96. The van der Waals surface area contributed by atoms with Crippen LogP contribution in [0.15, 0.2) is 42.3 Å². The van der Waals surface area contributed by atoms with Gasteiger partial charge in [-0.15, -0.1) is 17.9 Å². The zero-order chi connectivity index (χ0) is 13.7. The van der Waals surface area contributed by atoms with Crippen molar-refractivity contribution in [3.05, 3.63) is 47.3 Å². The first-order valence-corrected chi connectivity index (χ1v) is 7.16. The Kier molecular flexibility index (Phi) is 4.65. The van der Waals surface area contributed by atoms with E-state index in [1.165, 1.54) is 0 Å². The number of rotatable bonds is 4. The summed E-state index contributed by atoms with van der Waals surface area (Å²) >= 11 is 6.83. The van der Waals surface area contributed by atoms with E-state index in [1.807, 2.05) is 31.2 Å². The second kappa shape index (κ2) is 6.45. The van der Waals surface area contributed by atoms with Gasteiger partial charge in [0.15, 0.2) is 5.11 Å². The highest BCUT2D eigenvalue weighted by Crippen LogP contribution is 2.24. The number of thiocarbonyl (C=S) groups is 1. The van der Waals surface area contributed by atoms with Gasteiger partial charge in [0, 0.05) is 23.2 Å². The quantitative estimate of drug-likeness (QED) is 0.666. The number of nitrogens with zero attached hydrogens (tertiary/aromatic N) is 1. The van der Waals surface area contributed by atoms with E-state index >= 15 is 0 Å². The molecule has 0 saturated carbocycles. The van der Waals surface area contributed by atoms with Gasteiger partial charge in [-0.1, -0.05) is 18.2 Å². The zero-order valence-electron chi connectivity index (χ0n) is 10.6. The Balaban J connectivity index is 2.11. The highest BCUT2D eigenvalue weighted by Gasteiger charge is 2.03. The molecule has 2 aromatic rings. The molecule has 2 rings (SSSR count). The van der Waals surface area contributed by atoms with Crippen molar-refractivity contribution in [2.24, 2.45) is 0 Å². The molecule has 0 aliphatic carbocycles. The number of aryl methyl sites for hydroxylation is 1. The lowest BCUT2D eigenvalue weighted by molar-refractivity contribution is 1.06. The lowest BCUT2D eigenvalue weighted by Gasteiger charge is -2.09. The Morgan fingerprint density at radius 3 is 3.05 bits per heavy atom. The molecule has 0 fully saturated rings. The third-order valence-corrected chi connectivity index (χ3v) is 3.46. The number of hydrogen-bond acceptors (Lipinski definition) is 3. The molecule has 5 heteroatoms. The first-order chi connectivity index (χ1) is 9.19. The van der Waals surface area contributed by atoms with Crippen LogP contribution in [0.25, 0.3) is 11.3 Å². The number of benzene rings is 1. The van der Waals surface area contributed by atoms with Crippen molar-refractivity contribution in [2.75, 3.05) is 11.9 Å². The summed E-state index contributed by atoms with van der Waals surface area (Å²) < 4.78 is 0. The van der Waals surface area contributed by atoms with Crippen LogP contribution in [0.5, 0.6) is 0 Å². The smallest absolute Gasteiger partial charge is 0.171 e. The number of anilines is 1. The van der Waals surface area contributed by atoms with Gasteiger partial charge in [0.2, 0.25) is 0 Å². The summed E-state index contributed by atoms with van der Waals surface area (Å²) in [6.45, 7) is 6.29. The predicted octanol–water partition coefficient (Wildman–Crippen LogP) is 3.59. The van der Waals surface area contributed by atoms with Crippen molar-refractivity contribution in [3.8, 4) is 11.3 Å². The van der Waals surface area contributed by atoms with Gasteiger partial charge in [-0.3, -0.25) is 0 Å². The first kappa shape index (κ1) is 13.7. The summed E-state index contributed by atoms with van der Waals surface area (Å²) in [5.41, 5.74) is 3.03. The van der Waals surface area contributed by atoms with Crippen molar-refractivity contribution >= 4 is 34.4 Å². The highest BCUT2D eigenvalue weighted by molar-refractivity contribution is 7.80. The van der Waals surface area contributed by atoms with E-state index < -0.39 is 0 Å². The fraction of sp³-hybridized carbons (Fsp3) is 0.143. The zero-order valence-corrected chi connectivity index (χ0v) is 12.3. The maximum Gasteiger partial charge on any atom is 0.171 e. The van der Waals surface area contributed by atoms with Gasteiger partial charge in [-0.05, 0) is 31.3 Å². The molecule has 0 aliphatic heterocycles. The summed E-state index contributed by atoms with van der Waals surface area (Å²) in [7, 11) is 0. The second-order valence-corrected chi connectivity index (χ2v) is 5.43. The van der Waals surface area contributed by atoms with Crippen LogP contribution in [0.3, 0.4) is 0 Å². The van der Waals surface area contributed by atoms with Gasteiger partial charge >= 0.3 is 0 Å². The minimum Gasteiger partial charge on any atom is -0.359 e. The molecule has 1 aromatic heterocycles. The fourth-order valence-corrected chi connectivity index (χ4v) is 2.42. The van der Waals surface area contributed by atoms with E-state index in [9.17, 15) is 0 Å². The summed E-state index contributed by atoms with van der Waals surface area (Å²) in [6, 6.07) is 8.04. The van der Waals surface area contributed by atoms with E-state index in [0.29, 0.717) is 11.7 Å². The third-order valence-electron chi connectivity index (χ3n) is 2.44. The van der Waals surface area contributed by atoms with Crippen molar-refractivity contribution in [1.29, 1.82) is 0 Å². The van der Waals surface area contributed by atoms with Crippen LogP contribution < -0.4 is 10.6 Å². The van der Waals surface area contributed by atoms with Crippen LogP contribution in [-0.4, -0.2) is 16.6 Å². The van der Waals surface area contributed by atoms with Gasteiger partial charge in [-0.2, -0.15) is 0 Å². The van der Waals surface area contributed by atoms with Crippen LogP contribution in [0, 0.1) is 6.92 Å². The molecule has 0 aliphatic rings. The molecule has 0 spiro atoms. The van der Waals surface area contributed by atoms with Crippen LogP contribution in [-0.2, 0) is 0 Å². The van der Waals surface area contributed by atoms with E-state index in [0.717, 1.165) is 22.0 Å². The topological polar surface area (TPSA) is 37.0 Å². The molecular weight excluding hydrogens is 274 g/mol. The lowest BCUT2D eigenvalue weighted by Crippen LogP contribution is -2.28. The standard InChI is InChI=1S/C14H15N3S2/c1-3-7-15-14(18)17-12-6-4-5-11(8-12)13-9-19-10(2)16-13/h3-6,8-9H,1,7H2,2H3,(H2,15,17,18). The van der Waals surface area contributed by atoms with Crippen molar-refractivity contribution in [3.63, 3.8) is 0 Å². The molecule has 98 valence electrons. The Labute approximate surface area is 122 Å². The van der Waals surface area contributed by atoms with E-state index in [-0.39, 0.29) is 0 Å². The number of hydrogen-bond donors (Lipinski definition) is 2. The molecule has 1 heterocycles. The molecular formula is C14H15N3S2. The Hall–Kier alpha value is -1.72. The SMILES string of the molecule is C=CCNC(=S)Nc1cccc(-c2csc(C)n2)c1. The monoisotopic (exact) mass is 289 g/mol. The van der Waals surface area contributed by atoms with Crippen LogP contribution in [0.4, 0.5) is 5.69 Å². The molecule has 0 saturated heterocycles. The molecule has 0 atom stereocenters. The largest absolute Gasteiger partial charge is 0.359 e. The predicted molar refractivity (Wildman–Crippen MR) is 86.7 cm³/mol. The molecule has 19 heavy (non-hydrogen) atoms. The minimum absolute atomic E-state index is 0.589. The average Bonchev–Trinajstić information content (AvgIpc) is 2.83. The first-order valence-electron chi connectivity index (χ1n) is 5.87. The number of thiazole rings is 1. The van der Waals surface area contributed by atoms with Gasteiger partial charge in [0.25, 0.3) is 0 Å². The van der Waals surface area contributed by atoms with Gasteiger partial charge in [0.05, 0.1) is 10.7 Å².